The zero-order valence-corrected chi connectivity index (χ0v) is 17.3. The second-order valence-corrected chi connectivity index (χ2v) is 7.75. The number of benzene rings is 2. The highest BCUT2D eigenvalue weighted by Crippen LogP contribution is 2.35. The summed E-state index contributed by atoms with van der Waals surface area (Å²) in [6.07, 6.45) is 1.78. The van der Waals surface area contributed by atoms with Crippen molar-refractivity contribution in [2.45, 2.75) is 0 Å². The topological polar surface area (TPSA) is 41.4 Å². The molecule has 0 unspecified atom stereocenters. The third-order valence-electron chi connectivity index (χ3n) is 5.98. The number of fused-ring (bicyclic) bond motifs is 1. The number of piperazine rings is 1. The van der Waals surface area contributed by atoms with Crippen molar-refractivity contribution >= 4 is 22.6 Å². The van der Waals surface area contributed by atoms with Crippen LogP contribution in [0.3, 0.4) is 0 Å². The number of amides is 1. The summed E-state index contributed by atoms with van der Waals surface area (Å²) in [5.74, 6) is 0.414. The minimum Gasteiger partial charge on any atom is -0.353 e. The third-order valence-corrected chi connectivity index (χ3v) is 5.98. The smallest absolute Gasteiger partial charge is 0.256 e. The Morgan fingerprint density at radius 3 is 2.35 bits per heavy atom. The van der Waals surface area contributed by atoms with Crippen molar-refractivity contribution in [1.29, 1.82) is 0 Å². The van der Waals surface area contributed by atoms with Crippen LogP contribution >= 0.6 is 0 Å². The summed E-state index contributed by atoms with van der Waals surface area (Å²) < 4.78 is 16.9. The molecule has 156 valence electrons. The Kier molecular flexibility index (Phi) is 4.90. The minimum atomic E-state index is -0.370. The highest BCUT2D eigenvalue weighted by molar-refractivity contribution is 6.13. The van der Waals surface area contributed by atoms with Gasteiger partial charge in [-0.25, -0.2) is 9.37 Å². The summed E-state index contributed by atoms with van der Waals surface area (Å²) in [6, 6.07) is 20.5. The highest BCUT2D eigenvalue weighted by atomic mass is 19.1. The van der Waals surface area contributed by atoms with Crippen molar-refractivity contribution in [3.05, 3.63) is 84.3 Å². The van der Waals surface area contributed by atoms with Gasteiger partial charge in [0, 0.05) is 44.8 Å². The zero-order chi connectivity index (χ0) is 21.4. The lowest BCUT2D eigenvalue weighted by Gasteiger charge is -2.35. The molecule has 6 heteroatoms. The Balaban J connectivity index is 1.53. The Morgan fingerprint density at radius 1 is 0.903 bits per heavy atom. The summed E-state index contributed by atoms with van der Waals surface area (Å²) >= 11 is 0. The number of hydrogen-bond acceptors (Lipinski definition) is 3. The molecule has 1 aliphatic rings. The molecule has 5 nitrogen and oxygen atoms in total. The molecule has 0 N–H and O–H groups in total. The van der Waals surface area contributed by atoms with E-state index in [1.165, 1.54) is 6.07 Å². The standard InChI is InChI=1S/C25H23FN4O/c1-28-20-11-7-10-19(26)22(20)23(24(28)18-8-3-2-4-9-18)25(31)30-16-14-29(15-17-30)21-12-5-6-13-27-21/h2-13H,14-17H2,1H3. The van der Waals surface area contributed by atoms with Crippen LogP contribution in [-0.4, -0.2) is 46.5 Å². The minimum absolute atomic E-state index is 0.129. The van der Waals surface area contributed by atoms with Gasteiger partial charge in [-0.15, -0.1) is 0 Å². The Hall–Kier alpha value is -3.67. The van der Waals surface area contributed by atoms with Crippen LogP contribution in [0.5, 0.6) is 0 Å². The van der Waals surface area contributed by atoms with Crippen LogP contribution in [0.25, 0.3) is 22.2 Å². The second kappa shape index (κ2) is 7.87. The van der Waals surface area contributed by atoms with Gasteiger partial charge in [0.25, 0.3) is 5.91 Å². The van der Waals surface area contributed by atoms with E-state index in [1.54, 1.807) is 12.3 Å². The number of halogens is 1. The third kappa shape index (κ3) is 3.34. The highest BCUT2D eigenvalue weighted by Gasteiger charge is 2.30. The first-order valence-electron chi connectivity index (χ1n) is 10.4. The number of aryl methyl sites for hydroxylation is 1. The van der Waals surface area contributed by atoms with Gasteiger partial charge in [0.15, 0.2) is 0 Å². The molecule has 1 amide bonds. The molecule has 1 aliphatic heterocycles. The normalized spacial score (nSPS) is 14.3. The van der Waals surface area contributed by atoms with E-state index in [0.717, 1.165) is 17.1 Å². The Labute approximate surface area is 180 Å². The second-order valence-electron chi connectivity index (χ2n) is 7.75. The molecule has 3 heterocycles. The molecule has 0 aliphatic carbocycles. The van der Waals surface area contributed by atoms with E-state index in [0.29, 0.717) is 42.6 Å². The van der Waals surface area contributed by atoms with Crippen molar-refractivity contribution in [2.24, 2.45) is 7.05 Å². The molecule has 31 heavy (non-hydrogen) atoms. The van der Waals surface area contributed by atoms with E-state index in [1.807, 2.05) is 71.1 Å². The van der Waals surface area contributed by atoms with E-state index >= 15 is 0 Å². The van der Waals surface area contributed by atoms with Crippen molar-refractivity contribution < 1.29 is 9.18 Å². The molecule has 2 aromatic carbocycles. The summed E-state index contributed by atoms with van der Waals surface area (Å²) in [6.45, 7) is 2.51. The molecular formula is C25H23FN4O. The van der Waals surface area contributed by atoms with Gasteiger partial charge in [0.05, 0.1) is 16.8 Å². The van der Waals surface area contributed by atoms with Gasteiger partial charge in [0.1, 0.15) is 11.6 Å². The van der Waals surface area contributed by atoms with Gasteiger partial charge in [-0.05, 0) is 29.8 Å². The van der Waals surface area contributed by atoms with Gasteiger partial charge < -0.3 is 14.4 Å². The molecule has 4 aromatic rings. The number of rotatable bonds is 3. The van der Waals surface area contributed by atoms with E-state index in [4.69, 9.17) is 0 Å². The van der Waals surface area contributed by atoms with Gasteiger partial charge >= 0.3 is 0 Å². The fourth-order valence-electron chi connectivity index (χ4n) is 4.43. The molecule has 5 rings (SSSR count). The monoisotopic (exact) mass is 414 g/mol. The molecule has 0 radical (unpaired) electrons. The average Bonchev–Trinajstić information content (AvgIpc) is 3.13. The van der Waals surface area contributed by atoms with E-state index in [9.17, 15) is 9.18 Å². The lowest BCUT2D eigenvalue weighted by atomic mass is 10.0. The van der Waals surface area contributed by atoms with Crippen molar-refractivity contribution in [3.8, 4) is 11.3 Å². The van der Waals surface area contributed by atoms with E-state index in [2.05, 4.69) is 9.88 Å². The predicted molar refractivity (Wildman–Crippen MR) is 121 cm³/mol. The molecule has 1 fully saturated rings. The Bertz CT molecular complexity index is 1230. The quantitative estimate of drug-likeness (QED) is 0.501. The van der Waals surface area contributed by atoms with Gasteiger partial charge in [-0.3, -0.25) is 4.79 Å². The largest absolute Gasteiger partial charge is 0.353 e. The van der Waals surface area contributed by atoms with Crippen molar-refractivity contribution in [2.75, 3.05) is 31.1 Å². The molecular weight excluding hydrogens is 391 g/mol. The molecule has 0 saturated carbocycles. The lowest BCUT2D eigenvalue weighted by molar-refractivity contribution is 0.0749. The van der Waals surface area contributed by atoms with Crippen molar-refractivity contribution in [1.82, 2.24) is 14.5 Å². The van der Waals surface area contributed by atoms with Gasteiger partial charge in [-0.2, -0.15) is 0 Å². The molecule has 0 spiro atoms. The van der Waals surface area contributed by atoms with Crippen LogP contribution in [-0.2, 0) is 7.05 Å². The van der Waals surface area contributed by atoms with Gasteiger partial charge in [0.2, 0.25) is 0 Å². The first kappa shape index (κ1) is 19.3. The Morgan fingerprint density at radius 2 is 1.65 bits per heavy atom. The van der Waals surface area contributed by atoms with E-state index in [-0.39, 0.29) is 11.7 Å². The maximum atomic E-state index is 15.0. The number of carbonyl (C=O) groups excluding carboxylic acids is 1. The molecule has 1 saturated heterocycles. The fraction of sp³-hybridized carbons (Fsp3) is 0.200. The van der Waals surface area contributed by atoms with Crippen LogP contribution < -0.4 is 4.90 Å². The number of pyridine rings is 1. The van der Waals surface area contributed by atoms with Crippen LogP contribution in [0.15, 0.2) is 72.9 Å². The number of hydrogen-bond donors (Lipinski definition) is 0. The van der Waals surface area contributed by atoms with E-state index < -0.39 is 0 Å². The first-order chi connectivity index (χ1) is 15.1. The maximum Gasteiger partial charge on any atom is 0.256 e. The number of nitrogens with zero attached hydrogens (tertiary/aromatic N) is 4. The zero-order valence-electron chi connectivity index (χ0n) is 17.3. The summed E-state index contributed by atoms with van der Waals surface area (Å²) in [4.78, 5) is 22.1. The molecule has 0 atom stereocenters. The van der Waals surface area contributed by atoms with Crippen LogP contribution in [0.2, 0.25) is 0 Å². The summed E-state index contributed by atoms with van der Waals surface area (Å²) in [5.41, 5.74) is 2.80. The molecule has 0 bridgehead atoms. The summed E-state index contributed by atoms with van der Waals surface area (Å²) in [7, 11) is 1.89. The maximum absolute atomic E-state index is 15.0. The van der Waals surface area contributed by atoms with Crippen LogP contribution in [0.1, 0.15) is 10.4 Å². The number of aromatic nitrogens is 2. The van der Waals surface area contributed by atoms with Gasteiger partial charge in [-0.1, -0.05) is 42.5 Å². The SMILES string of the molecule is Cn1c(-c2ccccc2)c(C(=O)N2CCN(c3ccccn3)CC2)c2c(F)cccc21. The summed E-state index contributed by atoms with van der Waals surface area (Å²) in [5, 5.41) is 0.390. The lowest BCUT2D eigenvalue weighted by Crippen LogP contribution is -2.49. The fourth-order valence-corrected chi connectivity index (χ4v) is 4.43. The predicted octanol–water partition coefficient (Wildman–Crippen LogP) is 4.34. The van der Waals surface area contributed by atoms with Crippen LogP contribution in [0.4, 0.5) is 10.2 Å². The first-order valence-corrected chi connectivity index (χ1v) is 10.4. The van der Waals surface area contributed by atoms with Crippen LogP contribution in [0, 0.1) is 5.82 Å². The number of anilines is 1. The van der Waals surface area contributed by atoms with Crippen molar-refractivity contribution in [3.63, 3.8) is 0 Å². The number of carbonyl (C=O) groups is 1. The average molecular weight is 414 g/mol. The molecule has 2 aromatic heterocycles.